The molecule has 1 saturated heterocycles. The van der Waals surface area contributed by atoms with Crippen LogP contribution in [0.1, 0.15) is 17.2 Å². The molecule has 6 nitrogen and oxygen atoms in total. The van der Waals surface area contributed by atoms with Crippen LogP contribution in [0.5, 0.6) is 0 Å². The fourth-order valence-electron chi connectivity index (χ4n) is 3.31. The zero-order chi connectivity index (χ0) is 16.5. The van der Waals surface area contributed by atoms with Crippen molar-refractivity contribution in [3.63, 3.8) is 0 Å². The van der Waals surface area contributed by atoms with Gasteiger partial charge in [-0.05, 0) is 25.0 Å². The average Bonchev–Trinajstić information content (AvgIpc) is 3.21. The maximum atomic E-state index is 12.8. The van der Waals surface area contributed by atoms with Crippen LogP contribution in [0.2, 0.25) is 0 Å². The number of benzene rings is 1. The predicted molar refractivity (Wildman–Crippen MR) is 92.8 cm³/mol. The van der Waals surface area contributed by atoms with Gasteiger partial charge >= 0.3 is 0 Å². The number of aryl methyl sites for hydroxylation is 1. The molecule has 1 unspecified atom stereocenters. The van der Waals surface area contributed by atoms with Crippen LogP contribution in [0.3, 0.4) is 0 Å². The van der Waals surface area contributed by atoms with E-state index in [0.717, 1.165) is 50.8 Å². The van der Waals surface area contributed by atoms with Gasteiger partial charge in [0.05, 0.1) is 11.8 Å². The van der Waals surface area contributed by atoms with Gasteiger partial charge < -0.3 is 4.90 Å². The Balaban J connectivity index is 1.31. The van der Waals surface area contributed by atoms with E-state index in [4.69, 9.17) is 0 Å². The molecule has 0 saturated carbocycles. The molecule has 2 aromatic rings. The second-order valence-corrected chi connectivity index (χ2v) is 7.60. The van der Waals surface area contributed by atoms with Gasteiger partial charge in [-0.1, -0.05) is 18.2 Å². The highest BCUT2D eigenvalue weighted by atomic mass is 32.2. The zero-order valence-corrected chi connectivity index (χ0v) is 14.6. The summed E-state index contributed by atoms with van der Waals surface area (Å²) in [6.45, 7) is 5.99. The molecule has 0 radical (unpaired) electrons. The van der Waals surface area contributed by atoms with E-state index in [0.29, 0.717) is 0 Å². The number of thioether (sulfide) groups is 1. The first-order chi connectivity index (χ1) is 11.7. The molecular weight excluding hydrogens is 322 g/mol. The highest BCUT2D eigenvalue weighted by molar-refractivity contribution is 8.01. The maximum absolute atomic E-state index is 12.8. The van der Waals surface area contributed by atoms with E-state index in [9.17, 15) is 4.79 Å². The summed E-state index contributed by atoms with van der Waals surface area (Å²) in [7, 11) is 0. The monoisotopic (exact) mass is 343 g/mol. The van der Waals surface area contributed by atoms with Crippen LogP contribution >= 0.6 is 11.8 Å². The van der Waals surface area contributed by atoms with E-state index >= 15 is 0 Å². The van der Waals surface area contributed by atoms with Crippen molar-refractivity contribution in [2.45, 2.75) is 30.0 Å². The number of aromatic amines is 1. The van der Waals surface area contributed by atoms with E-state index in [1.54, 1.807) is 11.8 Å². The summed E-state index contributed by atoms with van der Waals surface area (Å²) in [6, 6.07) is 8.34. The van der Waals surface area contributed by atoms with Gasteiger partial charge in [-0.15, -0.1) is 11.8 Å². The van der Waals surface area contributed by atoms with Crippen molar-refractivity contribution in [2.75, 3.05) is 26.2 Å². The first-order valence-corrected chi connectivity index (χ1v) is 9.20. The number of hydrogen-bond donors (Lipinski definition) is 1. The summed E-state index contributed by atoms with van der Waals surface area (Å²) in [5.74, 6) is 1.95. The number of nitrogens with one attached hydrogen (secondary N) is 1. The van der Waals surface area contributed by atoms with Crippen LogP contribution in [0.4, 0.5) is 0 Å². The van der Waals surface area contributed by atoms with E-state index in [-0.39, 0.29) is 11.2 Å². The van der Waals surface area contributed by atoms with Crippen LogP contribution in [0, 0.1) is 6.92 Å². The quantitative estimate of drug-likeness (QED) is 0.914. The lowest BCUT2D eigenvalue weighted by Gasteiger charge is -2.35. The Kier molecular flexibility index (Phi) is 4.28. The number of carbonyl (C=O) groups is 1. The number of fused-ring (bicyclic) bond motifs is 1. The molecule has 1 fully saturated rings. The minimum atomic E-state index is 0.0459. The van der Waals surface area contributed by atoms with E-state index in [2.05, 4.69) is 38.3 Å². The molecule has 1 aromatic carbocycles. The highest BCUT2D eigenvalue weighted by Crippen LogP contribution is 2.37. The van der Waals surface area contributed by atoms with Crippen LogP contribution in [0.25, 0.3) is 0 Å². The van der Waals surface area contributed by atoms with Crippen molar-refractivity contribution in [2.24, 2.45) is 0 Å². The Morgan fingerprint density at radius 1 is 1.29 bits per heavy atom. The third kappa shape index (κ3) is 3.18. The largest absolute Gasteiger partial charge is 0.339 e. The summed E-state index contributed by atoms with van der Waals surface area (Å²) in [4.78, 5) is 22.7. The summed E-state index contributed by atoms with van der Waals surface area (Å²) >= 11 is 1.72. The fraction of sp³-hybridized carbons (Fsp3) is 0.471. The molecule has 24 heavy (non-hydrogen) atoms. The molecule has 4 rings (SSSR count). The maximum Gasteiger partial charge on any atom is 0.236 e. The average molecular weight is 343 g/mol. The smallest absolute Gasteiger partial charge is 0.236 e. The fourth-order valence-corrected chi connectivity index (χ4v) is 4.59. The van der Waals surface area contributed by atoms with Gasteiger partial charge in [0.25, 0.3) is 0 Å². The number of amides is 1. The van der Waals surface area contributed by atoms with Gasteiger partial charge in [0.2, 0.25) is 5.91 Å². The van der Waals surface area contributed by atoms with Gasteiger partial charge in [0, 0.05) is 31.1 Å². The Morgan fingerprint density at radius 2 is 2.08 bits per heavy atom. The third-order valence-corrected chi connectivity index (χ3v) is 5.92. The van der Waals surface area contributed by atoms with Crippen molar-refractivity contribution in [3.8, 4) is 0 Å². The van der Waals surface area contributed by atoms with Crippen LogP contribution in [0.15, 0.2) is 29.2 Å². The summed E-state index contributed by atoms with van der Waals surface area (Å²) in [6.07, 6.45) is 0.857. The number of piperazine rings is 1. The molecule has 1 aromatic heterocycles. The normalized spacial score (nSPS) is 21.0. The Morgan fingerprint density at radius 3 is 2.79 bits per heavy atom. The molecule has 0 aliphatic carbocycles. The molecule has 1 atom stereocenters. The van der Waals surface area contributed by atoms with E-state index in [1.807, 2.05) is 17.9 Å². The first-order valence-electron chi connectivity index (χ1n) is 8.32. The molecule has 0 bridgehead atoms. The molecule has 1 N–H and O–H groups in total. The Bertz CT molecular complexity index is 713. The van der Waals surface area contributed by atoms with Crippen molar-refractivity contribution < 1.29 is 4.79 Å². The summed E-state index contributed by atoms with van der Waals surface area (Å²) < 4.78 is 0. The lowest BCUT2D eigenvalue weighted by molar-refractivity contribution is -0.132. The number of hydrogen-bond acceptors (Lipinski definition) is 5. The number of H-pyrrole nitrogens is 1. The van der Waals surface area contributed by atoms with Crippen LogP contribution < -0.4 is 0 Å². The predicted octanol–water partition coefficient (Wildman–Crippen LogP) is 1.47. The minimum absolute atomic E-state index is 0.0459. The van der Waals surface area contributed by atoms with Crippen molar-refractivity contribution in [1.82, 2.24) is 25.0 Å². The number of carbonyl (C=O) groups excluding carboxylic acids is 1. The van der Waals surface area contributed by atoms with Gasteiger partial charge in [-0.25, -0.2) is 4.98 Å². The molecule has 7 heteroatoms. The number of rotatable bonds is 3. The topological polar surface area (TPSA) is 65.1 Å². The minimum Gasteiger partial charge on any atom is -0.339 e. The van der Waals surface area contributed by atoms with Gasteiger partial charge in [0.15, 0.2) is 5.82 Å². The lowest BCUT2D eigenvalue weighted by Crippen LogP contribution is -2.50. The van der Waals surface area contributed by atoms with Crippen molar-refractivity contribution >= 4 is 17.7 Å². The molecule has 126 valence electrons. The molecule has 3 heterocycles. The highest BCUT2D eigenvalue weighted by Gasteiger charge is 2.32. The van der Waals surface area contributed by atoms with Crippen molar-refractivity contribution in [1.29, 1.82) is 0 Å². The molecule has 1 amide bonds. The standard InChI is InChI=1S/C17H21N5OS/c1-12-18-16(20-19-12)11-21-6-8-22(9-7-21)17(23)15-10-13-4-2-3-5-14(13)24-15/h2-5,15H,6-11H2,1H3,(H,18,19,20). The second-order valence-electron chi connectivity index (χ2n) is 6.36. The third-order valence-electron chi connectivity index (χ3n) is 4.62. The van der Waals surface area contributed by atoms with Gasteiger partial charge in [0.1, 0.15) is 5.82 Å². The SMILES string of the molecule is Cc1nc(CN2CCN(C(=O)C3Cc4ccccc4S3)CC2)n[nH]1. The molecule has 2 aliphatic rings. The Hall–Kier alpha value is -1.86. The van der Waals surface area contributed by atoms with Gasteiger partial charge in [-0.3, -0.25) is 14.8 Å². The lowest BCUT2D eigenvalue weighted by atomic mass is 10.1. The van der Waals surface area contributed by atoms with Crippen molar-refractivity contribution in [3.05, 3.63) is 41.5 Å². The summed E-state index contributed by atoms with van der Waals surface area (Å²) in [5, 5.41) is 7.11. The molecular formula is C17H21N5OS. The summed E-state index contributed by atoms with van der Waals surface area (Å²) in [5.41, 5.74) is 1.31. The first kappa shape index (κ1) is 15.7. The molecule has 0 spiro atoms. The van der Waals surface area contributed by atoms with E-state index < -0.39 is 0 Å². The number of nitrogens with zero attached hydrogens (tertiary/aromatic N) is 4. The Labute approximate surface area is 145 Å². The second kappa shape index (κ2) is 6.57. The van der Waals surface area contributed by atoms with Gasteiger partial charge in [-0.2, -0.15) is 5.10 Å². The van der Waals surface area contributed by atoms with Crippen LogP contribution in [-0.4, -0.2) is 62.3 Å². The van der Waals surface area contributed by atoms with Crippen LogP contribution in [-0.2, 0) is 17.8 Å². The zero-order valence-electron chi connectivity index (χ0n) is 13.7. The molecule has 2 aliphatic heterocycles. The number of aromatic nitrogens is 3. The van der Waals surface area contributed by atoms with E-state index in [1.165, 1.54) is 10.5 Å².